The van der Waals surface area contributed by atoms with Gasteiger partial charge in [-0.25, -0.2) is 4.39 Å². The molecule has 0 N–H and O–H groups in total. The second-order valence-electron chi connectivity index (χ2n) is 6.46. The van der Waals surface area contributed by atoms with Gasteiger partial charge >= 0.3 is 0 Å². The number of unbranched alkanes of at least 4 members (excludes halogenated alkanes) is 1. The van der Waals surface area contributed by atoms with Crippen molar-refractivity contribution in [3.63, 3.8) is 0 Å². The molecule has 21 heavy (non-hydrogen) atoms. The van der Waals surface area contributed by atoms with Gasteiger partial charge in [0.05, 0.1) is 12.2 Å². The summed E-state index contributed by atoms with van der Waals surface area (Å²) in [5.74, 6) is 0.892. The molecule has 0 radical (unpaired) electrons. The fraction of sp³-hybridized carbons (Fsp3) is 0.611. The third kappa shape index (κ3) is 2.64. The van der Waals surface area contributed by atoms with Gasteiger partial charge in [0.25, 0.3) is 0 Å². The van der Waals surface area contributed by atoms with E-state index in [0.717, 1.165) is 31.2 Å². The molecule has 114 valence electrons. The highest BCUT2D eigenvalue weighted by atomic mass is 19.1. The number of halogens is 1. The summed E-state index contributed by atoms with van der Waals surface area (Å²) in [4.78, 5) is 11.7. The number of ketones is 1. The van der Waals surface area contributed by atoms with Crippen molar-refractivity contribution in [3.8, 4) is 0 Å². The third-order valence-electron chi connectivity index (χ3n) is 5.18. The van der Waals surface area contributed by atoms with Crippen molar-refractivity contribution in [1.29, 1.82) is 0 Å². The van der Waals surface area contributed by atoms with E-state index in [2.05, 4.69) is 6.92 Å². The van der Waals surface area contributed by atoms with Crippen LogP contribution in [-0.2, 0) is 15.1 Å². The molecular weight excluding hydrogens is 267 g/mol. The summed E-state index contributed by atoms with van der Waals surface area (Å²) >= 11 is 0. The summed E-state index contributed by atoms with van der Waals surface area (Å²) in [5, 5.41) is 0. The molecule has 1 aliphatic heterocycles. The zero-order chi connectivity index (χ0) is 14.9. The highest BCUT2D eigenvalue weighted by molar-refractivity contribution is 5.79. The predicted molar refractivity (Wildman–Crippen MR) is 79.4 cm³/mol. The maximum atomic E-state index is 13.2. The summed E-state index contributed by atoms with van der Waals surface area (Å²) in [5.41, 5.74) is 0.772. The van der Waals surface area contributed by atoms with Gasteiger partial charge < -0.3 is 4.74 Å². The molecular formula is C18H23FO2. The maximum Gasteiger partial charge on any atom is 0.133 e. The molecule has 0 bridgehead atoms. The SMILES string of the molecule is CCCCC1(c2ccc(F)cc2)OCC2CC(=O)CCC21. The van der Waals surface area contributed by atoms with Crippen LogP contribution in [0.15, 0.2) is 24.3 Å². The molecule has 1 aromatic carbocycles. The number of hydrogen-bond acceptors (Lipinski definition) is 2. The Morgan fingerprint density at radius 1 is 1.33 bits per heavy atom. The molecule has 2 aliphatic rings. The largest absolute Gasteiger partial charge is 0.370 e. The topological polar surface area (TPSA) is 26.3 Å². The van der Waals surface area contributed by atoms with Gasteiger partial charge in [0.1, 0.15) is 11.6 Å². The summed E-state index contributed by atoms with van der Waals surface area (Å²) in [6.45, 7) is 2.84. The smallest absolute Gasteiger partial charge is 0.133 e. The van der Waals surface area contributed by atoms with Gasteiger partial charge in [-0.1, -0.05) is 31.9 Å². The summed E-state index contributed by atoms with van der Waals surface area (Å²) in [6, 6.07) is 6.77. The second kappa shape index (κ2) is 5.88. The molecule has 1 aromatic rings. The van der Waals surface area contributed by atoms with Crippen LogP contribution < -0.4 is 0 Å². The normalized spacial score (nSPS) is 32.2. The third-order valence-corrected chi connectivity index (χ3v) is 5.18. The van der Waals surface area contributed by atoms with E-state index >= 15 is 0 Å². The van der Waals surface area contributed by atoms with E-state index in [1.54, 1.807) is 0 Å². The van der Waals surface area contributed by atoms with E-state index in [9.17, 15) is 9.18 Å². The molecule has 0 spiro atoms. The zero-order valence-corrected chi connectivity index (χ0v) is 12.6. The molecule has 1 saturated heterocycles. The minimum absolute atomic E-state index is 0.210. The molecule has 0 amide bonds. The Bertz CT molecular complexity index is 510. The first-order chi connectivity index (χ1) is 10.2. The van der Waals surface area contributed by atoms with E-state index in [1.165, 1.54) is 12.1 Å². The number of Topliss-reactive ketones (excluding diaryl/α,β-unsaturated/α-hetero) is 1. The highest BCUT2D eigenvalue weighted by Crippen LogP contribution is 2.52. The van der Waals surface area contributed by atoms with Gasteiger partial charge in [0.2, 0.25) is 0 Å². The van der Waals surface area contributed by atoms with E-state index in [1.807, 2.05) is 12.1 Å². The molecule has 3 unspecified atom stereocenters. The Labute approximate surface area is 125 Å². The van der Waals surface area contributed by atoms with Crippen LogP contribution in [-0.4, -0.2) is 12.4 Å². The van der Waals surface area contributed by atoms with Crippen LogP contribution in [0.1, 0.15) is 51.0 Å². The lowest BCUT2D eigenvalue weighted by atomic mass is 9.68. The van der Waals surface area contributed by atoms with Crippen LogP contribution in [0.3, 0.4) is 0 Å². The number of ether oxygens (including phenoxy) is 1. The van der Waals surface area contributed by atoms with Gasteiger partial charge in [-0.2, -0.15) is 0 Å². The Morgan fingerprint density at radius 2 is 2.10 bits per heavy atom. The first kappa shape index (κ1) is 14.7. The van der Waals surface area contributed by atoms with Crippen LogP contribution >= 0.6 is 0 Å². The molecule has 2 nitrogen and oxygen atoms in total. The van der Waals surface area contributed by atoms with Gasteiger partial charge in [-0.15, -0.1) is 0 Å². The molecule has 1 heterocycles. The Balaban J connectivity index is 1.94. The van der Waals surface area contributed by atoms with Gasteiger partial charge in [-0.3, -0.25) is 4.79 Å². The monoisotopic (exact) mass is 290 g/mol. The van der Waals surface area contributed by atoms with E-state index in [0.29, 0.717) is 37.1 Å². The van der Waals surface area contributed by atoms with E-state index in [-0.39, 0.29) is 11.4 Å². The minimum Gasteiger partial charge on any atom is -0.370 e. The number of benzene rings is 1. The van der Waals surface area contributed by atoms with Gasteiger partial charge in [-0.05, 0) is 42.4 Å². The summed E-state index contributed by atoms with van der Waals surface area (Å²) in [7, 11) is 0. The van der Waals surface area contributed by atoms with Crippen molar-refractivity contribution < 1.29 is 13.9 Å². The standard InChI is InChI=1S/C18H23FO2/c1-2-3-10-18(14-4-6-15(19)7-5-14)17-9-8-16(20)11-13(17)12-21-18/h4-7,13,17H,2-3,8-12H2,1H3. The lowest BCUT2D eigenvalue weighted by Crippen LogP contribution is -2.37. The number of hydrogen-bond donors (Lipinski definition) is 0. The first-order valence-corrected chi connectivity index (χ1v) is 8.07. The fourth-order valence-corrected chi connectivity index (χ4v) is 4.11. The molecule has 3 rings (SSSR count). The lowest BCUT2D eigenvalue weighted by molar-refractivity contribution is -0.122. The average molecular weight is 290 g/mol. The minimum atomic E-state index is -0.310. The maximum absolute atomic E-state index is 13.2. The Kier molecular flexibility index (Phi) is 4.12. The average Bonchev–Trinajstić information content (AvgIpc) is 2.85. The lowest BCUT2D eigenvalue weighted by Gasteiger charge is -2.38. The molecule has 0 aromatic heterocycles. The Morgan fingerprint density at radius 3 is 2.81 bits per heavy atom. The van der Waals surface area contributed by atoms with Crippen molar-refractivity contribution in [2.45, 2.75) is 51.0 Å². The van der Waals surface area contributed by atoms with E-state index < -0.39 is 0 Å². The predicted octanol–water partition coefficient (Wildman–Crippen LogP) is 4.23. The molecule has 1 aliphatic carbocycles. The van der Waals surface area contributed by atoms with Crippen LogP contribution in [0.4, 0.5) is 4.39 Å². The number of rotatable bonds is 4. The quantitative estimate of drug-likeness (QED) is 0.829. The van der Waals surface area contributed by atoms with Crippen molar-refractivity contribution in [1.82, 2.24) is 0 Å². The first-order valence-electron chi connectivity index (χ1n) is 8.07. The molecule has 1 saturated carbocycles. The van der Waals surface area contributed by atoms with Crippen molar-refractivity contribution >= 4 is 5.78 Å². The van der Waals surface area contributed by atoms with Crippen LogP contribution in [0.2, 0.25) is 0 Å². The summed E-state index contributed by atoms with van der Waals surface area (Å²) < 4.78 is 19.5. The second-order valence-corrected chi connectivity index (χ2v) is 6.46. The van der Waals surface area contributed by atoms with Crippen LogP contribution in [0.25, 0.3) is 0 Å². The zero-order valence-electron chi connectivity index (χ0n) is 12.6. The fourth-order valence-electron chi connectivity index (χ4n) is 4.11. The molecule has 3 heteroatoms. The number of carbonyl (C=O) groups excluding carboxylic acids is 1. The van der Waals surface area contributed by atoms with Crippen LogP contribution in [0.5, 0.6) is 0 Å². The van der Waals surface area contributed by atoms with Gasteiger partial charge in [0.15, 0.2) is 0 Å². The Hall–Kier alpha value is -1.22. The van der Waals surface area contributed by atoms with Crippen molar-refractivity contribution in [2.75, 3.05) is 6.61 Å². The van der Waals surface area contributed by atoms with Gasteiger partial charge in [0, 0.05) is 12.8 Å². The van der Waals surface area contributed by atoms with Crippen molar-refractivity contribution in [2.24, 2.45) is 11.8 Å². The van der Waals surface area contributed by atoms with Crippen LogP contribution in [0, 0.1) is 17.7 Å². The highest BCUT2D eigenvalue weighted by Gasteiger charge is 2.51. The number of fused-ring (bicyclic) bond motifs is 1. The number of carbonyl (C=O) groups is 1. The molecule has 2 fully saturated rings. The molecule has 3 atom stereocenters. The van der Waals surface area contributed by atoms with E-state index in [4.69, 9.17) is 4.74 Å². The van der Waals surface area contributed by atoms with Crippen molar-refractivity contribution in [3.05, 3.63) is 35.6 Å². The summed E-state index contributed by atoms with van der Waals surface area (Å²) in [6.07, 6.45) is 5.39.